The lowest BCUT2D eigenvalue weighted by atomic mass is 9.97. The fourth-order valence-electron chi connectivity index (χ4n) is 5.86. The third kappa shape index (κ3) is 5.31. The quantitative estimate of drug-likeness (QED) is 0.460. The molecule has 0 radical (unpaired) electrons. The molecule has 0 aliphatic carbocycles. The van der Waals surface area contributed by atoms with Gasteiger partial charge in [-0.05, 0) is 63.1 Å². The Bertz CT molecular complexity index is 855. The number of piperidine rings is 1. The molecule has 3 saturated heterocycles. The van der Waals surface area contributed by atoms with E-state index in [1.165, 1.54) is 30.4 Å². The third-order valence-electron chi connectivity index (χ3n) is 7.61. The van der Waals surface area contributed by atoms with Gasteiger partial charge in [-0.3, -0.25) is 9.69 Å². The molecule has 4 nitrogen and oxygen atoms in total. The monoisotopic (exact) mass is 464 g/mol. The molecule has 5 rings (SSSR count). The Balaban J connectivity index is 1.15. The minimum atomic E-state index is 0.00149. The molecule has 33 heavy (non-hydrogen) atoms. The molecule has 2 bridgehead atoms. The maximum Gasteiger partial charge on any atom is 0.236 e. The highest BCUT2D eigenvalue weighted by Crippen LogP contribution is 2.39. The van der Waals surface area contributed by atoms with E-state index in [2.05, 4.69) is 65.6 Å². The van der Waals surface area contributed by atoms with Crippen LogP contribution in [0.15, 0.2) is 60.7 Å². The molecule has 3 unspecified atom stereocenters. The van der Waals surface area contributed by atoms with E-state index < -0.39 is 0 Å². The highest BCUT2D eigenvalue weighted by Gasteiger charge is 2.41. The van der Waals surface area contributed by atoms with Gasteiger partial charge in [-0.1, -0.05) is 60.7 Å². The van der Waals surface area contributed by atoms with Gasteiger partial charge in [0.2, 0.25) is 5.91 Å². The fraction of sp³-hybridized carbons (Fsp3) is 0.536. The first-order chi connectivity index (χ1) is 16.2. The van der Waals surface area contributed by atoms with Crippen LogP contribution in [-0.4, -0.2) is 58.1 Å². The van der Waals surface area contributed by atoms with Crippen molar-refractivity contribution in [3.63, 3.8) is 0 Å². The summed E-state index contributed by atoms with van der Waals surface area (Å²) in [7, 11) is 0. The van der Waals surface area contributed by atoms with Crippen molar-refractivity contribution in [2.24, 2.45) is 0 Å². The molecular formula is C28H36N2O2S. The summed E-state index contributed by atoms with van der Waals surface area (Å²) in [4.78, 5) is 16.9. The van der Waals surface area contributed by atoms with Crippen LogP contribution in [0.5, 0.6) is 0 Å². The van der Waals surface area contributed by atoms with Crippen molar-refractivity contribution in [1.82, 2.24) is 9.80 Å². The number of thioether (sulfide) groups is 1. The molecule has 2 aromatic rings. The Hall–Kier alpha value is -1.82. The molecule has 3 heterocycles. The molecule has 0 saturated carbocycles. The van der Waals surface area contributed by atoms with E-state index in [9.17, 15) is 4.79 Å². The average molecular weight is 465 g/mol. The van der Waals surface area contributed by atoms with Crippen LogP contribution in [0.4, 0.5) is 0 Å². The van der Waals surface area contributed by atoms with Crippen molar-refractivity contribution in [3.8, 4) is 0 Å². The van der Waals surface area contributed by atoms with Crippen molar-refractivity contribution in [2.75, 3.05) is 19.0 Å². The van der Waals surface area contributed by atoms with E-state index in [-0.39, 0.29) is 11.4 Å². The number of hydrogen-bond acceptors (Lipinski definition) is 4. The number of nitrogens with zero attached hydrogens (tertiary/aromatic N) is 2. The van der Waals surface area contributed by atoms with E-state index in [0.29, 0.717) is 24.1 Å². The second kappa shape index (κ2) is 10.6. The van der Waals surface area contributed by atoms with Crippen LogP contribution in [0.25, 0.3) is 0 Å². The van der Waals surface area contributed by atoms with Gasteiger partial charge >= 0.3 is 0 Å². The van der Waals surface area contributed by atoms with Crippen LogP contribution in [0.2, 0.25) is 0 Å². The largest absolute Gasteiger partial charge is 0.365 e. The molecule has 5 heteroatoms. The summed E-state index contributed by atoms with van der Waals surface area (Å²) in [5.41, 5.74) is 2.48. The van der Waals surface area contributed by atoms with Gasteiger partial charge in [0, 0.05) is 18.6 Å². The maximum atomic E-state index is 12.1. The van der Waals surface area contributed by atoms with Crippen molar-refractivity contribution in [3.05, 3.63) is 71.8 Å². The average Bonchev–Trinajstić information content (AvgIpc) is 3.29. The fourth-order valence-corrected chi connectivity index (χ4v) is 6.82. The van der Waals surface area contributed by atoms with Gasteiger partial charge in [0.1, 0.15) is 6.10 Å². The van der Waals surface area contributed by atoms with Crippen LogP contribution in [0.1, 0.15) is 62.7 Å². The summed E-state index contributed by atoms with van der Waals surface area (Å²) in [6.07, 6.45) is 7.45. The summed E-state index contributed by atoms with van der Waals surface area (Å²) in [6.45, 7) is 4.10. The lowest BCUT2D eigenvalue weighted by molar-refractivity contribution is -0.128. The first kappa shape index (κ1) is 22.9. The lowest BCUT2D eigenvalue weighted by Gasteiger charge is -2.40. The zero-order valence-corrected chi connectivity index (χ0v) is 20.5. The van der Waals surface area contributed by atoms with Gasteiger partial charge in [0.15, 0.2) is 0 Å². The zero-order chi connectivity index (χ0) is 22.6. The number of rotatable bonds is 9. The van der Waals surface area contributed by atoms with Gasteiger partial charge in [-0.2, -0.15) is 0 Å². The summed E-state index contributed by atoms with van der Waals surface area (Å²) < 4.78 is 6.83. The molecule has 0 N–H and O–H groups in total. The molecule has 3 atom stereocenters. The summed E-state index contributed by atoms with van der Waals surface area (Å²) >= 11 is 1.76. The van der Waals surface area contributed by atoms with E-state index in [1.54, 1.807) is 11.8 Å². The van der Waals surface area contributed by atoms with Crippen molar-refractivity contribution < 1.29 is 9.53 Å². The van der Waals surface area contributed by atoms with E-state index >= 15 is 0 Å². The van der Waals surface area contributed by atoms with Crippen LogP contribution in [-0.2, 0) is 9.53 Å². The highest BCUT2D eigenvalue weighted by atomic mass is 32.2. The Labute approximate surface area is 202 Å². The lowest BCUT2D eigenvalue weighted by Crippen LogP contribution is -2.46. The minimum Gasteiger partial charge on any atom is -0.365 e. The number of amides is 1. The molecule has 2 aromatic carbocycles. The maximum absolute atomic E-state index is 12.1. The summed E-state index contributed by atoms with van der Waals surface area (Å²) in [5.74, 6) is 1.20. The Kier molecular flexibility index (Phi) is 7.39. The molecule has 0 spiro atoms. The minimum absolute atomic E-state index is 0.00149. The van der Waals surface area contributed by atoms with Crippen LogP contribution < -0.4 is 0 Å². The van der Waals surface area contributed by atoms with Crippen molar-refractivity contribution in [1.29, 1.82) is 0 Å². The topological polar surface area (TPSA) is 32.8 Å². The van der Waals surface area contributed by atoms with Gasteiger partial charge in [0.05, 0.1) is 17.2 Å². The van der Waals surface area contributed by atoms with E-state index in [1.807, 2.05) is 11.8 Å². The summed E-state index contributed by atoms with van der Waals surface area (Å²) in [6, 6.07) is 22.6. The number of unbranched alkanes of at least 4 members (excludes halogenated alkanes) is 1. The standard InChI is InChI=1S/C28H36N2O2S/c1-21-28(31)29(20-33-21)16-8-9-17-30-24-14-15-25(30)19-26(18-24)32-27(22-10-4-2-5-11-22)23-12-6-3-7-13-23/h2-7,10-13,21,24-27H,8-9,14-20H2,1H3. The first-order valence-corrected chi connectivity index (χ1v) is 13.7. The molecule has 176 valence electrons. The van der Waals surface area contributed by atoms with E-state index in [0.717, 1.165) is 38.2 Å². The number of carbonyl (C=O) groups excluding carboxylic acids is 1. The van der Waals surface area contributed by atoms with Crippen molar-refractivity contribution in [2.45, 2.75) is 75.0 Å². The highest BCUT2D eigenvalue weighted by molar-refractivity contribution is 8.01. The third-order valence-corrected chi connectivity index (χ3v) is 8.77. The number of fused-ring (bicyclic) bond motifs is 2. The molecule has 3 aliphatic heterocycles. The van der Waals surface area contributed by atoms with E-state index in [4.69, 9.17) is 4.74 Å². The number of ether oxygens (including phenoxy) is 1. The number of benzene rings is 2. The first-order valence-electron chi connectivity index (χ1n) is 12.6. The molecule has 3 aliphatic rings. The van der Waals surface area contributed by atoms with Gasteiger partial charge in [0.25, 0.3) is 0 Å². The SMILES string of the molecule is CC1SCN(CCCCN2C3CCC2CC(OC(c2ccccc2)c2ccccc2)C3)C1=O. The van der Waals surface area contributed by atoms with Crippen LogP contribution >= 0.6 is 11.8 Å². The van der Waals surface area contributed by atoms with Gasteiger partial charge < -0.3 is 9.64 Å². The van der Waals surface area contributed by atoms with Crippen LogP contribution in [0, 0.1) is 0 Å². The predicted octanol–water partition coefficient (Wildman–Crippen LogP) is 5.49. The number of carbonyl (C=O) groups is 1. The molecule has 1 amide bonds. The second-order valence-corrected chi connectivity index (χ2v) is 11.1. The smallest absolute Gasteiger partial charge is 0.236 e. The molecule has 0 aromatic heterocycles. The normalized spacial score (nSPS) is 27.6. The predicted molar refractivity (Wildman–Crippen MR) is 135 cm³/mol. The Morgan fingerprint density at radius 3 is 2.03 bits per heavy atom. The number of hydrogen-bond donors (Lipinski definition) is 0. The van der Waals surface area contributed by atoms with Crippen molar-refractivity contribution >= 4 is 17.7 Å². The van der Waals surface area contributed by atoms with Gasteiger partial charge in [-0.15, -0.1) is 11.8 Å². The molecule has 3 fully saturated rings. The van der Waals surface area contributed by atoms with Crippen LogP contribution in [0.3, 0.4) is 0 Å². The molecular weight excluding hydrogens is 428 g/mol. The van der Waals surface area contributed by atoms with Gasteiger partial charge in [-0.25, -0.2) is 0 Å². The Morgan fingerprint density at radius 2 is 1.48 bits per heavy atom. The summed E-state index contributed by atoms with van der Waals surface area (Å²) in [5, 5.41) is 0.149. The second-order valence-electron chi connectivity index (χ2n) is 9.80. The zero-order valence-electron chi connectivity index (χ0n) is 19.6. The Morgan fingerprint density at radius 1 is 0.909 bits per heavy atom.